The quantitative estimate of drug-likeness (QED) is 0.814. The van der Waals surface area contributed by atoms with Crippen LogP contribution in [0, 0.1) is 16.7 Å². The van der Waals surface area contributed by atoms with Crippen molar-refractivity contribution in [2.75, 3.05) is 13.1 Å². The molecule has 0 aromatic rings. The molecule has 0 aromatic heterocycles. The molecule has 4 heteroatoms. The molecule has 1 amide bonds. The van der Waals surface area contributed by atoms with Crippen molar-refractivity contribution in [1.82, 2.24) is 4.90 Å². The van der Waals surface area contributed by atoms with Gasteiger partial charge in [0.25, 0.3) is 0 Å². The van der Waals surface area contributed by atoms with Crippen LogP contribution in [0.2, 0.25) is 0 Å². The van der Waals surface area contributed by atoms with Gasteiger partial charge in [0.15, 0.2) is 0 Å². The van der Waals surface area contributed by atoms with Crippen molar-refractivity contribution in [3.8, 4) is 6.07 Å². The third kappa shape index (κ3) is 3.02. The van der Waals surface area contributed by atoms with Gasteiger partial charge in [-0.05, 0) is 26.2 Å². The largest absolute Gasteiger partial charge is 0.388 e. The number of nitrogens with zero attached hydrogens (tertiary/aromatic N) is 2. The standard InChI is InChI=1S/C14H24N2O2/c1-4-6-14(10-15,7-5-2)12(17)16-9-8-13(3,18)11-16/h18H,4-9,11H2,1-3H3. The molecule has 1 heterocycles. The molecule has 0 aliphatic carbocycles. The summed E-state index contributed by atoms with van der Waals surface area (Å²) in [6.07, 6.45) is 3.45. The number of rotatable bonds is 5. The number of nitriles is 1. The van der Waals surface area contributed by atoms with Crippen molar-refractivity contribution in [2.24, 2.45) is 5.41 Å². The lowest BCUT2D eigenvalue weighted by Crippen LogP contribution is -2.43. The molecule has 1 atom stereocenters. The summed E-state index contributed by atoms with van der Waals surface area (Å²) in [7, 11) is 0. The Kier molecular flexibility index (Phi) is 4.75. The topological polar surface area (TPSA) is 64.3 Å². The Morgan fingerprint density at radius 2 is 2.00 bits per heavy atom. The van der Waals surface area contributed by atoms with Gasteiger partial charge in [-0.15, -0.1) is 0 Å². The maximum atomic E-state index is 12.6. The lowest BCUT2D eigenvalue weighted by atomic mass is 9.79. The molecule has 4 nitrogen and oxygen atoms in total. The summed E-state index contributed by atoms with van der Waals surface area (Å²) in [6, 6.07) is 2.25. The Morgan fingerprint density at radius 3 is 2.33 bits per heavy atom. The zero-order valence-electron chi connectivity index (χ0n) is 11.7. The Morgan fingerprint density at radius 1 is 1.44 bits per heavy atom. The van der Waals surface area contributed by atoms with Gasteiger partial charge in [0.1, 0.15) is 5.41 Å². The lowest BCUT2D eigenvalue weighted by Gasteiger charge is -2.30. The van der Waals surface area contributed by atoms with Crippen LogP contribution < -0.4 is 0 Å². The highest BCUT2D eigenvalue weighted by Gasteiger charge is 2.44. The second-order valence-electron chi connectivity index (χ2n) is 5.67. The van der Waals surface area contributed by atoms with Gasteiger partial charge < -0.3 is 10.0 Å². The van der Waals surface area contributed by atoms with Crippen LogP contribution in [-0.4, -0.2) is 34.6 Å². The van der Waals surface area contributed by atoms with Crippen LogP contribution in [0.1, 0.15) is 52.9 Å². The molecule has 1 rings (SSSR count). The van der Waals surface area contributed by atoms with Crippen LogP contribution in [0.25, 0.3) is 0 Å². The third-order valence-corrected chi connectivity index (χ3v) is 3.72. The van der Waals surface area contributed by atoms with Gasteiger partial charge in [-0.1, -0.05) is 26.7 Å². The number of hydrogen-bond donors (Lipinski definition) is 1. The minimum atomic E-state index is -0.885. The molecule has 0 radical (unpaired) electrons. The van der Waals surface area contributed by atoms with Crippen LogP contribution in [0.15, 0.2) is 0 Å². The van der Waals surface area contributed by atoms with Crippen molar-refractivity contribution in [2.45, 2.75) is 58.5 Å². The Hall–Kier alpha value is -1.08. The van der Waals surface area contributed by atoms with Gasteiger partial charge in [-0.3, -0.25) is 4.79 Å². The summed E-state index contributed by atoms with van der Waals surface area (Å²) in [5.74, 6) is -0.0912. The highest BCUT2D eigenvalue weighted by Crippen LogP contribution is 2.34. The number of amides is 1. The van der Waals surface area contributed by atoms with E-state index < -0.39 is 11.0 Å². The number of β-amino-alcohol motifs (C(OH)–C–C–N with tert-alkyl or cyclic N) is 1. The zero-order chi connectivity index (χ0) is 13.8. The number of carbonyl (C=O) groups is 1. The fourth-order valence-electron chi connectivity index (χ4n) is 2.77. The maximum absolute atomic E-state index is 12.6. The average Bonchev–Trinajstić information content (AvgIpc) is 2.68. The predicted molar refractivity (Wildman–Crippen MR) is 69.7 cm³/mol. The van der Waals surface area contributed by atoms with Crippen molar-refractivity contribution >= 4 is 5.91 Å². The zero-order valence-corrected chi connectivity index (χ0v) is 11.7. The van der Waals surface area contributed by atoms with E-state index in [-0.39, 0.29) is 5.91 Å². The molecule has 102 valence electrons. The van der Waals surface area contributed by atoms with Crippen molar-refractivity contribution in [3.05, 3.63) is 0 Å². The third-order valence-electron chi connectivity index (χ3n) is 3.72. The molecular weight excluding hydrogens is 228 g/mol. The first-order valence-corrected chi connectivity index (χ1v) is 6.84. The Bertz CT molecular complexity index is 338. The molecule has 1 unspecified atom stereocenters. The molecule has 0 spiro atoms. The van der Waals surface area contributed by atoms with Crippen LogP contribution in [0.5, 0.6) is 0 Å². The minimum absolute atomic E-state index is 0.0912. The van der Waals surface area contributed by atoms with Gasteiger partial charge >= 0.3 is 0 Å². The summed E-state index contributed by atoms with van der Waals surface area (Å²) in [5, 5.41) is 19.4. The molecule has 0 bridgehead atoms. The summed E-state index contributed by atoms with van der Waals surface area (Å²) >= 11 is 0. The molecule has 0 saturated carbocycles. The maximum Gasteiger partial charge on any atom is 0.243 e. The van der Waals surface area contributed by atoms with E-state index in [1.165, 1.54) is 0 Å². The van der Waals surface area contributed by atoms with E-state index in [4.69, 9.17) is 0 Å². The van der Waals surface area contributed by atoms with E-state index in [0.29, 0.717) is 32.4 Å². The SMILES string of the molecule is CCCC(C#N)(CCC)C(=O)N1CCC(C)(O)C1. The summed E-state index contributed by atoms with van der Waals surface area (Å²) in [6.45, 7) is 6.64. The van der Waals surface area contributed by atoms with E-state index in [9.17, 15) is 15.2 Å². The normalized spacial score (nSPS) is 24.1. The van der Waals surface area contributed by atoms with Crippen molar-refractivity contribution in [1.29, 1.82) is 5.26 Å². The second-order valence-corrected chi connectivity index (χ2v) is 5.67. The number of aliphatic hydroxyl groups is 1. The Balaban J connectivity index is 2.87. The van der Waals surface area contributed by atoms with Gasteiger partial charge in [0.2, 0.25) is 5.91 Å². The van der Waals surface area contributed by atoms with Crippen molar-refractivity contribution in [3.63, 3.8) is 0 Å². The number of likely N-dealkylation sites (tertiary alicyclic amines) is 1. The monoisotopic (exact) mass is 252 g/mol. The molecular formula is C14H24N2O2. The minimum Gasteiger partial charge on any atom is -0.388 e. The van der Waals surface area contributed by atoms with Crippen molar-refractivity contribution < 1.29 is 9.90 Å². The molecule has 18 heavy (non-hydrogen) atoms. The summed E-state index contributed by atoms with van der Waals surface area (Å²) in [5.41, 5.74) is -1.68. The first-order valence-electron chi connectivity index (χ1n) is 6.84. The molecule has 1 aliphatic rings. The summed E-state index contributed by atoms with van der Waals surface area (Å²) < 4.78 is 0. The van der Waals surface area contributed by atoms with E-state index >= 15 is 0 Å². The number of carbonyl (C=O) groups excluding carboxylic acids is 1. The number of hydrogen-bond acceptors (Lipinski definition) is 3. The van der Waals surface area contributed by atoms with Crippen LogP contribution in [-0.2, 0) is 4.79 Å². The summed E-state index contributed by atoms with van der Waals surface area (Å²) in [4.78, 5) is 14.2. The fraction of sp³-hybridized carbons (Fsp3) is 0.857. The highest BCUT2D eigenvalue weighted by atomic mass is 16.3. The van der Waals surface area contributed by atoms with Gasteiger partial charge in [-0.2, -0.15) is 5.26 Å². The van der Waals surface area contributed by atoms with Gasteiger partial charge in [0.05, 0.1) is 11.7 Å². The molecule has 0 aromatic carbocycles. The van der Waals surface area contributed by atoms with E-state index in [1.54, 1.807) is 11.8 Å². The van der Waals surface area contributed by atoms with Gasteiger partial charge in [-0.25, -0.2) is 0 Å². The van der Waals surface area contributed by atoms with Crippen LogP contribution in [0.4, 0.5) is 0 Å². The lowest BCUT2D eigenvalue weighted by molar-refractivity contribution is -0.139. The van der Waals surface area contributed by atoms with E-state index in [0.717, 1.165) is 12.8 Å². The molecule has 1 saturated heterocycles. The molecule has 1 N–H and O–H groups in total. The molecule has 1 fully saturated rings. The van der Waals surface area contributed by atoms with E-state index in [2.05, 4.69) is 6.07 Å². The van der Waals surface area contributed by atoms with Crippen LogP contribution >= 0.6 is 0 Å². The second kappa shape index (κ2) is 5.71. The smallest absolute Gasteiger partial charge is 0.243 e. The predicted octanol–water partition coefficient (Wildman–Crippen LogP) is 2.08. The highest BCUT2D eigenvalue weighted by molar-refractivity contribution is 5.85. The van der Waals surface area contributed by atoms with E-state index in [1.807, 2.05) is 13.8 Å². The average molecular weight is 252 g/mol. The van der Waals surface area contributed by atoms with Crippen LogP contribution in [0.3, 0.4) is 0 Å². The fourth-order valence-corrected chi connectivity index (χ4v) is 2.77. The van der Waals surface area contributed by atoms with Gasteiger partial charge in [0, 0.05) is 13.1 Å². The Labute approximate surface area is 110 Å². The molecule has 1 aliphatic heterocycles. The first kappa shape index (κ1) is 15.0. The first-order chi connectivity index (χ1) is 8.40.